The number of rotatable bonds is 12. The first-order chi connectivity index (χ1) is 17.2. The van der Waals surface area contributed by atoms with Crippen LogP contribution in [0.2, 0.25) is 0 Å². The second-order valence-electron chi connectivity index (χ2n) is 12.5. The normalized spacial score (nSPS) is 33.1. The third-order valence-corrected chi connectivity index (χ3v) is 10.2. The van der Waals surface area contributed by atoms with Crippen molar-refractivity contribution in [2.24, 2.45) is 29.1 Å². The molecule has 0 aliphatic heterocycles. The fraction of sp³-hybridized carbons (Fsp3) is 0.714. The summed E-state index contributed by atoms with van der Waals surface area (Å²) in [5.74, 6) is 4.33. The zero-order chi connectivity index (χ0) is 24.3. The molecule has 194 valence electrons. The van der Waals surface area contributed by atoms with Crippen LogP contribution in [0.1, 0.15) is 134 Å². The van der Waals surface area contributed by atoms with Crippen molar-refractivity contribution in [1.29, 1.82) is 0 Å². The molecule has 3 aliphatic rings. The highest BCUT2D eigenvalue weighted by Crippen LogP contribution is 2.50. The number of hydrogen-bond donors (Lipinski definition) is 0. The SMILES string of the molecule is CCCCCC1CCC(C2(CCC3CCC(CCCC)CC3)C=CC(c3ccccc3)C=C2)CC1. The van der Waals surface area contributed by atoms with Crippen LogP contribution in [0.3, 0.4) is 0 Å². The van der Waals surface area contributed by atoms with Crippen LogP contribution >= 0.6 is 0 Å². The van der Waals surface area contributed by atoms with Crippen LogP contribution in [0, 0.1) is 29.1 Å². The van der Waals surface area contributed by atoms with E-state index in [9.17, 15) is 0 Å². The molecule has 0 atom stereocenters. The molecule has 0 amide bonds. The van der Waals surface area contributed by atoms with Gasteiger partial charge in [0.2, 0.25) is 0 Å². The van der Waals surface area contributed by atoms with Gasteiger partial charge < -0.3 is 0 Å². The van der Waals surface area contributed by atoms with Gasteiger partial charge in [0.25, 0.3) is 0 Å². The Morgan fingerprint density at radius 2 is 1.17 bits per heavy atom. The number of allylic oxidation sites excluding steroid dienone is 4. The third kappa shape index (κ3) is 7.60. The molecule has 0 saturated heterocycles. The van der Waals surface area contributed by atoms with Gasteiger partial charge in [-0.2, -0.15) is 0 Å². The maximum Gasteiger partial charge on any atom is 0.0199 e. The molecule has 35 heavy (non-hydrogen) atoms. The van der Waals surface area contributed by atoms with Crippen molar-refractivity contribution in [2.45, 2.75) is 129 Å². The van der Waals surface area contributed by atoms with E-state index in [1.165, 1.54) is 115 Å². The molecule has 0 N–H and O–H groups in total. The lowest BCUT2D eigenvalue weighted by atomic mass is 9.61. The van der Waals surface area contributed by atoms with Crippen LogP contribution < -0.4 is 0 Å². The topological polar surface area (TPSA) is 0 Å². The lowest BCUT2D eigenvalue weighted by Crippen LogP contribution is -2.33. The highest BCUT2D eigenvalue weighted by atomic mass is 14.4. The van der Waals surface area contributed by atoms with Gasteiger partial charge >= 0.3 is 0 Å². The van der Waals surface area contributed by atoms with Gasteiger partial charge in [0.15, 0.2) is 0 Å². The number of benzene rings is 1. The Labute approximate surface area is 218 Å². The van der Waals surface area contributed by atoms with E-state index in [0.717, 1.165) is 23.7 Å². The molecule has 0 spiro atoms. The molecule has 2 saturated carbocycles. The number of hydrogen-bond acceptors (Lipinski definition) is 0. The predicted molar refractivity (Wildman–Crippen MR) is 154 cm³/mol. The molecule has 0 aromatic heterocycles. The Hall–Kier alpha value is -1.30. The average molecular weight is 475 g/mol. The Kier molecular flexibility index (Phi) is 10.6. The maximum absolute atomic E-state index is 2.69. The fourth-order valence-corrected chi connectivity index (χ4v) is 7.65. The van der Waals surface area contributed by atoms with Gasteiger partial charge in [0, 0.05) is 11.3 Å². The average Bonchev–Trinajstić information content (AvgIpc) is 2.93. The first-order valence-corrected chi connectivity index (χ1v) is 15.7. The molecule has 0 heteroatoms. The van der Waals surface area contributed by atoms with Gasteiger partial charge in [-0.05, 0) is 54.9 Å². The van der Waals surface area contributed by atoms with Crippen LogP contribution in [-0.4, -0.2) is 0 Å². The van der Waals surface area contributed by atoms with Crippen LogP contribution in [0.4, 0.5) is 0 Å². The minimum Gasteiger partial charge on any atom is -0.0773 e. The summed E-state index contributed by atoms with van der Waals surface area (Å²) in [6.45, 7) is 4.68. The van der Waals surface area contributed by atoms with E-state index in [2.05, 4.69) is 68.5 Å². The van der Waals surface area contributed by atoms with Crippen molar-refractivity contribution in [3.63, 3.8) is 0 Å². The van der Waals surface area contributed by atoms with E-state index in [-0.39, 0.29) is 0 Å². The second-order valence-corrected chi connectivity index (χ2v) is 12.5. The van der Waals surface area contributed by atoms with Crippen LogP contribution in [-0.2, 0) is 0 Å². The van der Waals surface area contributed by atoms with Gasteiger partial charge in [0.05, 0.1) is 0 Å². The van der Waals surface area contributed by atoms with Crippen molar-refractivity contribution in [1.82, 2.24) is 0 Å². The van der Waals surface area contributed by atoms with Crippen LogP contribution in [0.25, 0.3) is 0 Å². The molecule has 3 aliphatic carbocycles. The maximum atomic E-state index is 2.69. The summed E-state index contributed by atoms with van der Waals surface area (Å²) in [5.41, 5.74) is 1.76. The van der Waals surface area contributed by atoms with E-state index in [0.29, 0.717) is 11.3 Å². The van der Waals surface area contributed by atoms with E-state index in [1.807, 2.05) is 0 Å². The summed E-state index contributed by atoms with van der Waals surface area (Å²) >= 11 is 0. The molecule has 0 radical (unpaired) electrons. The van der Waals surface area contributed by atoms with Gasteiger partial charge in [-0.25, -0.2) is 0 Å². The zero-order valence-corrected chi connectivity index (χ0v) is 23.1. The largest absolute Gasteiger partial charge is 0.0773 e. The highest BCUT2D eigenvalue weighted by Gasteiger charge is 2.38. The van der Waals surface area contributed by atoms with E-state index >= 15 is 0 Å². The first-order valence-electron chi connectivity index (χ1n) is 15.7. The standard InChI is InChI=1S/C35H54/c1-3-5-8-12-30-19-21-34(22-20-30)35(26-23-31-17-15-29(16-18-31)11-6-4-2)27-24-33(25-28-35)32-13-9-7-10-14-32/h7,9-10,13-14,24-25,27-31,33-34H,3-6,8,11-12,15-23,26H2,1-2H3. The summed E-state index contributed by atoms with van der Waals surface area (Å²) in [5, 5.41) is 0. The van der Waals surface area contributed by atoms with E-state index in [1.54, 1.807) is 0 Å². The lowest BCUT2D eigenvalue weighted by molar-refractivity contribution is 0.149. The minimum atomic E-state index is 0.318. The van der Waals surface area contributed by atoms with Crippen molar-refractivity contribution >= 4 is 0 Å². The third-order valence-electron chi connectivity index (χ3n) is 10.2. The molecule has 0 heterocycles. The molecular formula is C35H54. The van der Waals surface area contributed by atoms with Gasteiger partial charge in [-0.15, -0.1) is 0 Å². The second kappa shape index (κ2) is 13.9. The fourth-order valence-electron chi connectivity index (χ4n) is 7.65. The Balaban J connectivity index is 1.37. The number of unbranched alkanes of at least 4 members (excludes halogenated alkanes) is 3. The van der Waals surface area contributed by atoms with E-state index < -0.39 is 0 Å². The monoisotopic (exact) mass is 474 g/mol. The molecule has 0 bridgehead atoms. The summed E-state index contributed by atoms with van der Waals surface area (Å²) < 4.78 is 0. The summed E-state index contributed by atoms with van der Waals surface area (Å²) in [6.07, 6.45) is 35.2. The zero-order valence-electron chi connectivity index (χ0n) is 23.1. The first kappa shape index (κ1) is 26.8. The molecule has 1 aromatic rings. The smallest absolute Gasteiger partial charge is 0.0199 e. The molecule has 1 aromatic carbocycles. The molecule has 4 rings (SSSR count). The van der Waals surface area contributed by atoms with E-state index in [4.69, 9.17) is 0 Å². The Morgan fingerprint density at radius 1 is 0.629 bits per heavy atom. The quantitative estimate of drug-likeness (QED) is 0.209. The summed E-state index contributed by atoms with van der Waals surface area (Å²) in [6, 6.07) is 11.1. The summed E-state index contributed by atoms with van der Waals surface area (Å²) in [4.78, 5) is 0. The van der Waals surface area contributed by atoms with Crippen molar-refractivity contribution in [3.05, 3.63) is 60.2 Å². The Bertz CT molecular complexity index is 740. The van der Waals surface area contributed by atoms with Crippen LogP contribution in [0.15, 0.2) is 54.6 Å². The minimum absolute atomic E-state index is 0.318. The molecule has 0 nitrogen and oxygen atoms in total. The van der Waals surface area contributed by atoms with Gasteiger partial charge in [-0.1, -0.05) is 152 Å². The lowest BCUT2D eigenvalue weighted by Gasteiger charge is -2.43. The van der Waals surface area contributed by atoms with Gasteiger partial charge in [-0.3, -0.25) is 0 Å². The van der Waals surface area contributed by atoms with Crippen molar-refractivity contribution < 1.29 is 0 Å². The molecular weight excluding hydrogens is 420 g/mol. The summed E-state index contributed by atoms with van der Waals surface area (Å²) in [7, 11) is 0. The van der Waals surface area contributed by atoms with Gasteiger partial charge in [0.1, 0.15) is 0 Å². The van der Waals surface area contributed by atoms with Crippen LogP contribution in [0.5, 0.6) is 0 Å². The predicted octanol–water partition coefficient (Wildman–Crippen LogP) is 11.0. The van der Waals surface area contributed by atoms with Crippen molar-refractivity contribution in [2.75, 3.05) is 0 Å². The van der Waals surface area contributed by atoms with Crippen molar-refractivity contribution in [3.8, 4) is 0 Å². The molecule has 0 unspecified atom stereocenters. The molecule has 2 fully saturated rings. The highest BCUT2D eigenvalue weighted by molar-refractivity contribution is 5.34. The Morgan fingerprint density at radius 3 is 1.77 bits per heavy atom.